The zero-order chi connectivity index (χ0) is 11.7. The van der Waals surface area contributed by atoms with E-state index in [1.807, 2.05) is 6.92 Å². The van der Waals surface area contributed by atoms with Gasteiger partial charge in [-0.25, -0.2) is 0 Å². The van der Waals surface area contributed by atoms with Crippen LogP contribution in [0.5, 0.6) is 0 Å². The van der Waals surface area contributed by atoms with Crippen LogP contribution in [0.4, 0.5) is 0 Å². The standard InChI is InChI=1S/C12H23NO2/c1-4-6-7-8-9-15-11(5-2)10(3)12(13)14/h4-9H2,1-3H3,(H2,13,14)/b11-10-. The number of carbonyl (C=O) groups excluding carboxylic acids is 1. The summed E-state index contributed by atoms with van der Waals surface area (Å²) in [6, 6.07) is 0. The molecule has 0 aromatic carbocycles. The Bertz CT molecular complexity index is 222. The molecule has 15 heavy (non-hydrogen) atoms. The van der Waals surface area contributed by atoms with Gasteiger partial charge in [0.1, 0.15) is 5.76 Å². The molecule has 0 aromatic heterocycles. The van der Waals surface area contributed by atoms with Gasteiger partial charge in [0.15, 0.2) is 0 Å². The molecule has 88 valence electrons. The van der Waals surface area contributed by atoms with Gasteiger partial charge in [0.25, 0.3) is 0 Å². The molecule has 0 fully saturated rings. The monoisotopic (exact) mass is 213 g/mol. The number of primary amides is 1. The second-order valence-electron chi connectivity index (χ2n) is 3.68. The highest BCUT2D eigenvalue weighted by atomic mass is 16.5. The van der Waals surface area contributed by atoms with Crippen molar-refractivity contribution in [1.82, 2.24) is 0 Å². The Hall–Kier alpha value is -0.990. The minimum atomic E-state index is -0.389. The number of carbonyl (C=O) groups is 1. The molecule has 2 N–H and O–H groups in total. The second-order valence-corrected chi connectivity index (χ2v) is 3.68. The van der Waals surface area contributed by atoms with Gasteiger partial charge in [0.05, 0.1) is 12.2 Å². The van der Waals surface area contributed by atoms with E-state index in [1.165, 1.54) is 19.3 Å². The Balaban J connectivity index is 3.91. The zero-order valence-corrected chi connectivity index (χ0v) is 10.1. The Morgan fingerprint density at radius 1 is 1.20 bits per heavy atom. The number of rotatable bonds is 8. The average Bonchev–Trinajstić information content (AvgIpc) is 2.22. The third kappa shape index (κ3) is 6.15. The Labute approximate surface area is 92.7 Å². The van der Waals surface area contributed by atoms with Crippen LogP contribution in [0.25, 0.3) is 0 Å². The predicted molar refractivity (Wildman–Crippen MR) is 62.3 cm³/mol. The maximum Gasteiger partial charge on any atom is 0.247 e. The maximum absolute atomic E-state index is 10.9. The van der Waals surface area contributed by atoms with Gasteiger partial charge in [-0.3, -0.25) is 4.79 Å². The van der Waals surface area contributed by atoms with Crippen molar-refractivity contribution in [3.63, 3.8) is 0 Å². The van der Waals surface area contributed by atoms with Gasteiger partial charge in [0, 0.05) is 6.42 Å². The van der Waals surface area contributed by atoms with E-state index in [9.17, 15) is 4.79 Å². The van der Waals surface area contributed by atoms with Gasteiger partial charge in [-0.2, -0.15) is 0 Å². The third-order valence-corrected chi connectivity index (χ3v) is 2.38. The number of amides is 1. The van der Waals surface area contributed by atoms with Crippen molar-refractivity contribution < 1.29 is 9.53 Å². The predicted octanol–water partition coefficient (Wildman–Crippen LogP) is 2.75. The van der Waals surface area contributed by atoms with Gasteiger partial charge >= 0.3 is 0 Å². The van der Waals surface area contributed by atoms with Gasteiger partial charge in [-0.1, -0.05) is 33.1 Å². The fraction of sp³-hybridized carbons (Fsp3) is 0.750. The van der Waals surface area contributed by atoms with Crippen molar-refractivity contribution in [1.29, 1.82) is 0 Å². The van der Waals surface area contributed by atoms with E-state index < -0.39 is 0 Å². The minimum Gasteiger partial charge on any atom is -0.497 e. The highest BCUT2D eigenvalue weighted by Crippen LogP contribution is 2.11. The molecule has 0 heterocycles. The van der Waals surface area contributed by atoms with Crippen molar-refractivity contribution in [2.45, 2.75) is 52.9 Å². The zero-order valence-electron chi connectivity index (χ0n) is 10.1. The second kappa shape index (κ2) is 8.33. The van der Waals surface area contributed by atoms with Gasteiger partial charge in [-0.15, -0.1) is 0 Å². The van der Waals surface area contributed by atoms with E-state index in [-0.39, 0.29) is 5.91 Å². The van der Waals surface area contributed by atoms with Crippen LogP contribution in [-0.4, -0.2) is 12.5 Å². The molecule has 0 unspecified atom stereocenters. The molecule has 0 aliphatic carbocycles. The fourth-order valence-corrected chi connectivity index (χ4v) is 1.34. The summed E-state index contributed by atoms with van der Waals surface area (Å²) in [5.41, 5.74) is 5.74. The van der Waals surface area contributed by atoms with Gasteiger partial charge in [-0.05, 0) is 13.3 Å². The SMILES string of the molecule is CCCCCCO/C(CC)=C(/C)C(N)=O. The molecule has 0 aromatic rings. The van der Waals surface area contributed by atoms with Crippen LogP contribution in [0.3, 0.4) is 0 Å². The normalized spacial score (nSPS) is 12.2. The highest BCUT2D eigenvalue weighted by Gasteiger charge is 2.06. The van der Waals surface area contributed by atoms with Crippen LogP contribution < -0.4 is 5.73 Å². The first-order valence-corrected chi connectivity index (χ1v) is 5.75. The average molecular weight is 213 g/mol. The molecule has 1 amide bonds. The van der Waals surface area contributed by atoms with Crippen molar-refractivity contribution in [3.05, 3.63) is 11.3 Å². The largest absolute Gasteiger partial charge is 0.497 e. The Kier molecular flexibility index (Phi) is 7.78. The van der Waals surface area contributed by atoms with E-state index in [0.717, 1.165) is 18.6 Å². The molecule has 0 saturated heterocycles. The molecular weight excluding hydrogens is 190 g/mol. The van der Waals surface area contributed by atoms with Crippen LogP contribution >= 0.6 is 0 Å². The summed E-state index contributed by atoms with van der Waals surface area (Å²) in [6.07, 6.45) is 5.41. The summed E-state index contributed by atoms with van der Waals surface area (Å²) in [5, 5.41) is 0. The quantitative estimate of drug-likeness (QED) is 0.383. The summed E-state index contributed by atoms with van der Waals surface area (Å²) >= 11 is 0. The lowest BCUT2D eigenvalue weighted by Gasteiger charge is -2.10. The highest BCUT2D eigenvalue weighted by molar-refractivity contribution is 5.91. The van der Waals surface area contributed by atoms with Crippen molar-refractivity contribution in [3.8, 4) is 0 Å². The summed E-state index contributed by atoms with van der Waals surface area (Å²) in [4.78, 5) is 10.9. The lowest BCUT2D eigenvalue weighted by Crippen LogP contribution is -2.14. The lowest BCUT2D eigenvalue weighted by molar-refractivity contribution is -0.114. The minimum absolute atomic E-state index is 0.389. The number of nitrogens with two attached hydrogens (primary N) is 1. The number of unbranched alkanes of at least 4 members (excludes halogenated alkanes) is 3. The van der Waals surface area contributed by atoms with Gasteiger partial charge in [0.2, 0.25) is 5.91 Å². The summed E-state index contributed by atoms with van der Waals surface area (Å²) in [7, 11) is 0. The molecule has 3 nitrogen and oxygen atoms in total. The molecule has 0 rings (SSSR count). The number of ether oxygens (including phenoxy) is 1. The molecule has 0 saturated carbocycles. The molecule has 0 atom stereocenters. The Morgan fingerprint density at radius 2 is 1.87 bits per heavy atom. The first kappa shape index (κ1) is 14.0. The van der Waals surface area contributed by atoms with Crippen LogP contribution in [0.2, 0.25) is 0 Å². The molecule has 0 spiro atoms. The van der Waals surface area contributed by atoms with E-state index in [4.69, 9.17) is 10.5 Å². The van der Waals surface area contributed by atoms with Crippen LogP contribution in [0.15, 0.2) is 11.3 Å². The van der Waals surface area contributed by atoms with Crippen LogP contribution in [0, 0.1) is 0 Å². The molecule has 0 bridgehead atoms. The molecule has 0 aliphatic heterocycles. The van der Waals surface area contributed by atoms with Crippen molar-refractivity contribution >= 4 is 5.91 Å². The maximum atomic E-state index is 10.9. The Morgan fingerprint density at radius 3 is 2.33 bits per heavy atom. The van der Waals surface area contributed by atoms with E-state index in [2.05, 4.69) is 6.92 Å². The molecular formula is C12H23NO2. The van der Waals surface area contributed by atoms with Crippen LogP contribution in [0.1, 0.15) is 52.9 Å². The first-order valence-electron chi connectivity index (χ1n) is 5.75. The summed E-state index contributed by atoms with van der Waals surface area (Å²) in [5.74, 6) is 0.347. The molecule has 0 aliphatic rings. The fourth-order valence-electron chi connectivity index (χ4n) is 1.34. The van der Waals surface area contributed by atoms with Crippen molar-refractivity contribution in [2.24, 2.45) is 5.73 Å². The van der Waals surface area contributed by atoms with Gasteiger partial charge < -0.3 is 10.5 Å². The van der Waals surface area contributed by atoms with Crippen LogP contribution in [-0.2, 0) is 9.53 Å². The van der Waals surface area contributed by atoms with E-state index in [0.29, 0.717) is 12.2 Å². The number of hydrogen-bond acceptors (Lipinski definition) is 2. The van der Waals surface area contributed by atoms with E-state index >= 15 is 0 Å². The van der Waals surface area contributed by atoms with E-state index in [1.54, 1.807) is 6.92 Å². The third-order valence-electron chi connectivity index (χ3n) is 2.38. The summed E-state index contributed by atoms with van der Waals surface area (Å²) < 4.78 is 5.54. The number of allylic oxidation sites excluding steroid dienone is 1. The molecule has 3 heteroatoms. The number of hydrogen-bond donors (Lipinski definition) is 1. The summed E-state index contributed by atoms with van der Waals surface area (Å²) in [6.45, 7) is 6.55. The lowest BCUT2D eigenvalue weighted by atomic mass is 10.2. The van der Waals surface area contributed by atoms with Crippen molar-refractivity contribution in [2.75, 3.05) is 6.61 Å². The smallest absolute Gasteiger partial charge is 0.247 e. The topological polar surface area (TPSA) is 52.3 Å². The first-order chi connectivity index (χ1) is 7.13. The molecule has 0 radical (unpaired) electrons.